The molecule has 112 valence electrons. The lowest BCUT2D eigenvalue weighted by Gasteiger charge is -2.08. The summed E-state index contributed by atoms with van der Waals surface area (Å²) in [7, 11) is -3.95. The Morgan fingerprint density at radius 2 is 1.95 bits per heavy atom. The Morgan fingerprint density at radius 1 is 1.29 bits per heavy atom. The van der Waals surface area contributed by atoms with Gasteiger partial charge in [0.25, 0.3) is 10.0 Å². The molecule has 2 N–H and O–H groups in total. The van der Waals surface area contributed by atoms with Crippen LogP contribution in [0.4, 0.5) is 5.69 Å². The average molecular weight is 330 g/mol. The maximum absolute atomic E-state index is 12.2. The minimum absolute atomic E-state index is 0.00175. The molecule has 0 bridgehead atoms. The van der Waals surface area contributed by atoms with Gasteiger partial charge in [0, 0.05) is 11.1 Å². The van der Waals surface area contributed by atoms with Crippen molar-refractivity contribution < 1.29 is 22.7 Å². The summed E-state index contributed by atoms with van der Waals surface area (Å²) >= 11 is 5.93. The van der Waals surface area contributed by atoms with Gasteiger partial charge in [0.1, 0.15) is 10.7 Å². The quantitative estimate of drug-likeness (QED) is 0.898. The smallest absolute Gasteiger partial charge is 0.371 e. The van der Waals surface area contributed by atoms with E-state index in [1.54, 1.807) is 19.1 Å². The van der Waals surface area contributed by atoms with Crippen LogP contribution in [0.2, 0.25) is 5.02 Å². The second-order valence-electron chi connectivity index (χ2n) is 4.41. The van der Waals surface area contributed by atoms with Crippen LogP contribution in [-0.4, -0.2) is 19.5 Å². The van der Waals surface area contributed by atoms with Crippen molar-refractivity contribution in [3.05, 3.63) is 46.4 Å². The zero-order chi connectivity index (χ0) is 15.8. The summed E-state index contributed by atoms with van der Waals surface area (Å²) in [5.74, 6) is -1.77. The van der Waals surface area contributed by atoms with Gasteiger partial charge in [-0.05, 0) is 31.5 Å². The number of carboxylic acid groups (broad SMARTS) is 1. The molecule has 8 heteroatoms. The summed E-state index contributed by atoms with van der Waals surface area (Å²) in [5, 5.41) is 9.24. The molecule has 0 aliphatic heterocycles. The van der Waals surface area contributed by atoms with Gasteiger partial charge < -0.3 is 9.52 Å². The number of carbonyl (C=O) groups is 1. The highest BCUT2D eigenvalue weighted by Crippen LogP contribution is 2.25. The van der Waals surface area contributed by atoms with Crippen molar-refractivity contribution in [3.63, 3.8) is 0 Å². The van der Waals surface area contributed by atoms with Gasteiger partial charge in [0.05, 0.1) is 5.69 Å². The summed E-state index contributed by atoms with van der Waals surface area (Å²) in [5.41, 5.74) is 1.09. The molecular formula is C13H12ClNO5S. The van der Waals surface area contributed by atoms with Crippen LogP contribution in [0.15, 0.2) is 33.6 Å². The lowest BCUT2D eigenvalue weighted by molar-refractivity contribution is 0.0661. The summed E-state index contributed by atoms with van der Waals surface area (Å²) < 4.78 is 31.7. The van der Waals surface area contributed by atoms with Crippen LogP contribution in [0.5, 0.6) is 0 Å². The highest BCUT2D eigenvalue weighted by atomic mass is 35.5. The zero-order valence-electron chi connectivity index (χ0n) is 11.2. The van der Waals surface area contributed by atoms with Crippen molar-refractivity contribution in [1.82, 2.24) is 0 Å². The normalized spacial score (nSPS) is 11.4. The van der Waals surface area contributed by atoms with E-state index in [1.165, 1.54) is 13.0 Å². The van der Waals surface area contributed by atoms with Crippen LogP contribution in [0.25, 0.3) is 0 Å². The molecule has 0 amide bonds. The molecule has 0 aliphatic rings. The van der Waals surface area contributed by atoms with Crippen molar-refractivity contribution in [2.45, 2.75) is 18.7 Å². The van der Waals surface area contributed by atoms with Crippen LogP contribution >= 0.6 is 11.6 Å². The van der Waals surface area contributed by atoms with Crippen LogP contribution in [0, 0.1) is 13.8 Å². The number of hydrogen-bond donors (Lipinski definition) is 2. The first kappa shape index (κ1) is 15.4. The molecule has 0 fully saturated rings. The molecule has 6 nitrogen and oxygen atoms in total. The molecule has 0 saturated carbocycles. The Labute approximate surface area is 126 Å². The summed E-state index contributed by atoms with van der Waals surface area (Å²) in [6.07, 6.45) is 0. The topological polar surface area (TPSA) is 96.6 Å². The first-order chi connectivity index (χ1) is 9.70. The molecule has 0 saturated heterocycles. The number of aryl methyl sites for hydroxylation is 2. The van der Waals surface area contributed by atoms with Crippen molar-refractivity contribution >= 4 is 33.3 Å². The predicted molar refractivity (Wildman–Crippen MR) is 77.4 cm³/mol. The molecule has 0 atom stereocenters. The maximum atomic E-state index is 12.2. The lowest BCUT2D eigenvalue weighted by Crippen LogP contribution is -2.13. The van der Waals surface area contributed by atoms with Gasteiger partial charge in [-0.1, -0.05) is 17.7 Å². The average Bonchev–Trinajstić information content (AvgIpc) is 2.77. The molecule has 0 unspecified atom stereocenters. The van der Waals surface area contributed by atoms with Crippen LogP contribution in [0.3, 0.4) is 0 Å². The predicted octanol–water partition coefficient (Wildman–Crippen LogP) is 3.05. The van der Waals surface area contributed by atoms with Crippen LogP contribution in [-0.2, 0) is 10.0 Å². The third-order valence-corrected chi connectivity index (χ3v) is 4.69. The number of furan rings is 1. The van der Waals surface area contributed by atoms with E-state index in [0.717, 1.165) is 11.6 Å². The molecule has 2 rings (SSSR count). The highest BCUT2D eigenvalue weighted by Gasteiger charge is 2.24. The van der Waals surface area contributed by atoms with Crippen molar-refractivity contribution in [1.29, 1.82) is 0 Å². The number of sulfonamides is 1. The Balaban J connectivity index is 2.38. The van der Waals surface area contributed by atoms with E-state index in [1.807, 2.05) is 0 Å². The van der Waals surface area contributed by atoms with Gasteiger partial charge in [-0.15, -0.1) is 0 Å². The fourth-order valence-electron chi connectivity index (χ4n) is 1.70. The van der Waals surface area contributed by atoms with Gasteiger partial charge in [-0.2, -0.15) is 0 Å². The standard InChI is InChI=1S/C13H12ClNO5S/c1-7-3-4-9(5-10(7)14)15-21(18,19)12-6-11(13(16)17)20-8(12)2/h3-6,15H,1-2H3,(H,16,17). The fourth-order valence-corrected chi connectivity index (χ4v) is 3.11. The van der Waals surface area contributed by atoms with Gasteiger partial charge in [-0.3, -0.25) is 4.72 Å². The van der Waals surface area contributed by atoms with Crippen molar-refractivity contribution in [2.75, 3.05) is 4.72 Å². The number of nitrogens with one attached hydrogen (secondary N) is 1. The van der Waals surface area contributed by atoms with E-state index in [4.69, 9.17) is 21.1 Å². The first-order valence-corrected chi connectivity index (χ1v) is 7.69. The van der Waals surface area contributed by atoms with Gasteiger partial charge in [0.15, 0.2) is 0 Å². The second-order valence-corrected chi connectivity index (χ2v) is 6.46. The number of aromatic carboxylic acids is 1. The Hall–Kier alpha value is -1.99. The van der Waals surface area contributed by atoms with Crippen LogP contribution < -0.4 is 4.72 Å². The summed E-state index contributed by atoms with van der Waals surface area (Å²) in [6, 6.07) is 5.68. The minimum Gasteiger partial charge on any atom is -0.475 e. The van der Waals surface area contributed by atoms with E-state index in [0.29, 0.717) is 5.02 Å². The third kappa shape index (κ3) is 3.20. The Morgan fingerprint density at radius 3 is 2.48 bits per heavy atom. The van der Waals surface area contributed by atoms with Gasteiger partial charge in [-0.25, -0.2) is 13.2 Å². The molecule has 21 heavy (non-hydrogen) atoms. The number of halogens is 1. The molecule has 0 spiro atoms. The maximum Gasteiger partial charge on any atom is 0.371 e. The number of carboxylic acids is 1. The summed E-state index contributed by atoms with van der Waals surface area (Å²) in [4.78, 5) is 10.6. The van der Waals surface area contributed by atoms with Crippen molar-refractivity contribution in [3.8, 4) is 0 Å². The molecule has 1 heterocycles. The molecule has 1 aromatic heterocycles. The fraction of sp³-hybridized carbons (Fsp3) is 0.154. The number of rotatable bonds is 4. The number of hydrogen-bond acceptors (Lipinski definition) is 4. The van der Waals surface area contributed by atoms with E-state index >= 15 is 0 Å². The van der Waals surface area contributed by atoms with E-state index in [9.17, 15) is 13.2 Å². The SMILES string of the molecule is Cc1ccc(NS(=O)(=O)c2cc(C(=O)O)oc2C)cc1Cl. The summed E-state index contributed by atoms with van der Waals surface area (Å²) in [6.45, 7) is 3.17. The van der Waals surface area contributed by atoms with E-state index in [2.05, 4.69) is 4.72 Å². The molecular weight excluding hydrogens is 318 g/mol. The lowest BCUT2D eigenvalue weighted by atomic mass is 10.2. The zero-order valence-corrected chi connectivity index (χ0v) is 12.7. The van der Waals surface area contributed by atoms with E-state index < -0.39 is 21.8 Å². The third-order valence-electron chi connectivity index (χ3n) is 2.80. The van der Waals surface area contributed by atoms with Crippen molar-refractivity contribution in [2.24, 2.45) is 0 Å². The van der Waals surface area contributed by atoms with Gasteiger partial charge >= 0.3 is 5.97 Å². The minimum atomic E-state index is -3.95. The first-order valence-electron chi connectivity index (χ1n) is 5.83. The van der Waals surface area contributed by atoms with Crippen LogP contribution in [0.1, 0.15) is 21.9 Å². The van der Waals surface area contributed by atoms with E-state index in [-0.39, 0.29) is 16.3 Å². The largest absolute Gasteiger partial charge is 0.475 e. The highest BCUT2D eigenvalue weighted by molar-refractivity contribution is 7.92. The Bertz CT molecular complexity index is 810. The van der Waals surface area contributed by atoms with Gasteiger partial charge in [0.2, 0.25) is 5.76 Å². The molecule has 0 aliphatic carbocycles. The monoisotopic (exact) mass is 329 g/mol. The molecule has 2 aromatic rings. The molecule has 0 radical (unpaired) electrons. The second kappa shape index (κ2) is 5.42. The number of anilines is 1. The number of benzene rings is 1. The Kier molecular flexibility index (Phi) is 3.97. The molecule has 1 aromatic carbocycles.